The van der Waals surface area contributed by atoms with Crippen LogP contribution in [0.15, 0.2) is 24.3 Å². The summed E-state index contributed by atoms with van der Waals surface area (Å²) in [5, 5.41) is 5.73. The van der Waals surface area contributed by atoms with E-state index in [1.54, 1.807) is 0 Å². The van der Waals surface area contributed by atoms with Gasteiger partial charge in [-0.25, -0.2) is 4.79 Å². The SMILES string of the molecule is CCN(CC)CCOc1ccccc1NC(=O)NCCCOCC1CC1. The molecule has 0 aliphatic heterocycles. The minimum absolute atomic E-state index is 0.216. The third-order valence-electron chi connectivity index (χ3n) is 4.50. The van der Waals surface area contributed by atoms with Crippen molar-refractivity contribution in [2.45, 2.75) is 33.1 Å². The molecule has 0 atom stereocenters. The highest BCUT2D eigenvalue weighted by Crippen LogP contribution is 2.28. The zero-order valence-corrected chi connectivity index (χ0v) is 16.1. The Morgan fingerprint density at radius 1 is 1.19 bits per heavy atom. The van der Waals surface area contributed by atoms with Crippen molar-refractivity contribution in [1.29, 1.82) is 0 Å². The number of rotatable bonds is 13. The molecule has 1 aliphatic rings. The Balaban J connectivity index is 1.65. The molecule has 2 amide bonds. The Morgan fingerprint density at radius 3 is 2.69 bits per heavy atom. The number of nitrogens with one attached hydrogen (secondary N) is 2. The number of carbonyl (C=O) groups excluding carboxylic acids is 1. The minimum Gasteiger partial charge on any atom is -0.490 e. The maximum atomic E-state index is 12.1. The van der Waals surface area contributed by atoms with Crippen molar-refractivity contribution in [3.05, 3.63) is 24.3 Å². The second-order valence-electron chi connectivity index (χ2n) is 6.62. The van der Waals surface area contributed by atoms with Gasteiger partial charge in [-0.3, -0.25) is 0 Å². The zero-order chi connectivity index (χ0) is 18.6. The molecule has 0 bridgehead atoms. The van der Waals surface area contributed by atoms with Crippen molar-refractivity contribution in [2.75, 3.05) is 51.3 Å². The van der Waals surface area contributed by atoms with Gasteiger partial charge in [0.2, 0.25) is 0 Å². The topological polar surface area (TPSA) is 62.8 Å². The van der Waals surface area contributed by atoms with Crippen LogP contribution in [-0.2, 0) is 4.74 Å². The van der Waals surface area contributed by atoms with Crippen LogP contribution in [0.25, 0.3) is 0 Å². The molecule has 146 valence electrons. The Kier molecular flexibility index (Phi) is 9.28. The highest BCUT2D eigenvalue weighted by molar-refractivity contribution is 5.90. The van der Waals surface area contributed by atoms with Crippen LogP contribution in [0, 0.1) is 5.92 Å². The van der Waals surface area contributed by atoms with Gasteiger partial charge in [-0.2, -0.15) is 0 Å². The van der Waals surface area contributed by atoms with Gasteiger partial charge in [0.05, 0.1) is 5.69 Å². The fourth-order valence-corrected chi connectivity index (χ4v) is 2.60. The number of nitrogens with zero attached hydrogens (tertiary/aromatic N) is 1. The van der Waals surface area contributed by atoms with Crippen molar-refractivity contribution in [3.8, 4) is 5.75 Å². The first-order valence-electron chi connectivity index (χ1n) is 9.79. The molecule has 0 unspecified atom stereocenters. The summed E-state index contributed by atoms with van der Waals surface area (Å²) in [6.07, 6.45) is 3.43. The maximum absolute atomic E-state index is 12.1. The molecule has 1 saturated carbocycles. The molecule has 0 aromatic heterocycles. The van der Waals surface area contributed by atoms with Crippen molar-refractivity contribution in [3.63, 3.8) is 0 Å². The number of likely N-dealkylation sites (N-methyl/N-ethyl adjacent to an activating group) is 1. The number of para-hydroxylation sites is 2. The van der Waals surface area contributed by atoms with Gasteiger partial charge >= 0.3 is 6.03 Å². The molecular weight excluding hydrogens is 330 g/mol. The average Bonchev–Trinajstić information content (AvgIpc) is 3.47. The summed E-state index contributed by atoms with van der Waals surface area (Å²) >= 11 is 0. The van der Waals surface area contributed by atoms with Gasteiger partial charge in [-0.1, -0.05) is 26.0 Å². The number of hydrogen-bond acceptors (Lipinski definition) is 4. The molecule has 0 radical (unpaired) electrons. The first-order chi connectivity index (χ1) is 12.7. The van der Waals surface area contributed by atoms with E-state index in [0.717, 1.165) is 38.6 Å². The normalized spacial score (nSPS) is 13.7. The van der Waals surface area contributed by atoms with Gasteiger partial charge in [-0.05, 0) is 50.4 Å². The fraction of sp³-hybridized carbons (Fsp3) is 0.650. The predicted molar refractivity (Wildman–Crippen MR) is 105 cm³/mol. The molecule has 2 N–H and O–H groups in total. The second kappa shape index (κ2) is 11.8. The first-order valence-corrected chi connectivity index (χ1v) is 9.79. The summed E-state index contributed by atoms with van der Waals surface area (Å²) in [4.78, 5) is 14.4. The zero-order valence-electron chi connectivity index (χ0n) is 16.1. The third kappa shape index (κ3) is 8.06. The molecule has 0 spiro atoms. The molecule has 1 aliphatic carbocycles. The van der Waals surface area contributed by atoms with Gasteiger partial charge in [0.1, 0.15) is 12.4 Å². The summed E-state index contributed by atoms with van der Waals surface area (Å²) in [5.41, 5.74) is 0.689. The van der Waals surface area contributed by atoms with Crippen LogP contribution in [0.4, 0.5) is 10.5 Å². The van der Waals surface area contributed by atoms with Gasteiger partial charge in [0, 0.05) is 26.3 Å². The lowest BCUT2D eigenvalue weighted by Gasteiger charge is -2.19. The maximum Gasteiger partial charge on any atom is 0.319 e. The Bertz CT molecular complexity index is 531. The molecule has 1 aromatic rings. The molecule has 0 saturated heterocycles. The van der Waals surface area contributed by atoms with Gasteiger partial charge in [0.15, 0.2) is 0 Å². The molecule has 6 heteroatoms. The molecule has 6 nitrogen and oxygen atoms in total. The van der Waals surface area contributed by atoms with Crippen molar-refractivity contribution < 1.29 is 14.3 Å². The van der Waals surface area contributed by atoms with Crippen LogP contribution in [0.5, 0.6) is 5.75 Å². The summed E-state index contributed by atoms with van der Waals surface area (Å²) < 4.78 is 11.4. The van der Waals surface area contributed by atoms with E-state index >= 15 is 0 Å². The fourth-order valence-electron chi connectivity index (χ4n) is 2.60. The lowest BCUT2D eigenvalue weighted by Crippen LogP contribution is -2.30. The van der Waals surface area contributed by atoms with E-state index in [2.05, 4.69) is 29.4 Å². The van der Waals surface area contributed by atoms with E-state index in [0.29, 0.717) is 31.2 Å². The van der Waals surface area contributed by atoms with Crippen LogP contribution in [0.2, 0.25) is 0 Å². The summed E-state index contributed by atoms with van der Waals surface area (Å²) in [6, 6.07) is 7.31. The van der Waals surface area contributed by atoms with Crippen LogP contribution in [0.1, 0.15) is 33.1 Å². The lowest BCUT2D eigenvalue weighted by atomic mass is 10.3. The van der Waals surface area contributed by atoms with Crippen LogP contribution in [0.3, 0.4) is 0 Å². The summed E-state index contributed by atoms with van der Waals surface area (Å²) in [7, 11) is 0. The number of urea groups is 1. The predicted octanol–water partition coefficient (Wildman–Crippen LogP) is 3.35. The molecule has 26 heavy (non-hydrogen) atoms. The second-order valence-corrected chi connectivity index (χ2v) is 6.62. The smallest absolute Gasteiger partial charge is 0.319 e. The molecular formula is C20H33N3O3. The highest BCUT2D eigenvalue weighted by Gasteiger charge is 2.20. The lowest BCUT2D eigenvalue weighted by molar-refractivity contribution is 0.122. The number of ether oxygens (including phenoxy) is 2. The quantitative estimate of drug-likeness (QED) is 0.528. The summed E-state index contributed by atoms with van der Waals surface area (Å²) in [5.74, 6) is 1.48. The van der Waals surface area contributed by atoms with Crippen LogP contribution >= 0.6 is 0 Å². The van der Waals surface area contributed by atoms with Crippen molar-refractivity contribution in [2.24, 2.45) is 5.92 Å². The van der Waals surface area contributed by atoms with Crippen LogP contribution in [-0.4, -0.2) is 56.9 Å². The van der Waals surface area contributed by atoms with E-state index in [4.69, 9.17) is 9.47 Å². The standard InChI is InChI=1S/C20H33N3O3/c1-3-23(4-2)13-15-26-19-9-6-5-8-18(19)22-20(24)21-12-7-14-25-16-17-10-11-17/h5-6,8-9,17H,3-4,7,10-16H2,1-2H3,(H2,21,22,24). The van der Waals surface area contributed by atoms with Gasteiger partial charge < -0.3 is 25.0 Å². The molecule has 1 fully saturated rings. The molecule has 0 heterocycles. The Hall–Kier alpha value is -1.79. The largest absolute Gasteiger partial charge is 0.490 e. The van der Waals surface area contributed by atoms with E-state index in [1.165, 1.54) is 12.8 Å². The third-order valence-corrected chi connectivity index (χ3v) is 4.50. The number of anilines is 1. The van der Waals surface area contributed by atoms with Crippen molar-refractivity contribution in [1.82, 2.24) is 10.2 Å². The number of benzene rings is 1. The first kappa shape index (κ1) is 20.5. The molecule has 2 rings (SSSR count). The van der Waals surface area contributed by atoms with Crippen molar-refractivity contribution >= 4 is 11.7 Å². The highest BCUT2D eigenvalue weighted by atomic mass is 16.5. The number of carbonyl (C=O) groups is 1. The number of amides is 2. The van der Waals surface area contributed by atoms with Crippen LogP contribution < -0.4 is 15.4 Å². The minimum atomic E-state index is -0.216. The Morgan fingerprint density at radius 2 is 1.96 bits per heavy atom. The van der Waals surface area contributed by atoms with Gasteiger partial charge in [-0.15, -0.1) is 0 Å². The molecule has 1 aromatic carbocycles. The van der Waals surface area contributed by atoms with Gasteiger partial charge in [0.25, 0.3) is 0 Å². The number of hydrogen-bond donors (Lipinski definition) is 2. The Labute approximate surface area is 157 Å². The van der Waals surface area contributed by atoms with E-state index in [1.807, 2.05) is 24.3 Å². The van der Waals surface area contributed by atoms with E-state index in [-0.39, 0.29) is 6.03 Å². The monoisotopic (exact) mass is 363 g/mol. The average molecular weight is 364 g/mol. The summed E-state index contributed by atoms with van der Waals surface area (Å²) in [6.45, 7) is 9.92. The van der Waals surface area contributed by atoms with E-state index < -0.39 is 0 Å². The van der Waals surface area contributed by atoms with E-state index in [9.17, 15) is 4.79 Å².